The van der Waals surface area contributed by atoms with Gasteiger partial charge in [0.2, 0.25) is 0 Å². The first-order valence-corrected chi connectivity index (χ1v) is 5.79. The first-order chi connectivity index (χ1) is 8.76. The van der Waals surface area contributed by atoms with Crippen LogP contribution in [0.2, 0.25) is 0 Å². The van der Waals surface area contributed by atoms with Crippen LogP contribution in [-0.2, 0) is 4.74 Å². The minimum Gasteiger partial charge on any atom is -0.394 e. The quantitative estimate of drug-likeness (QED) is 0.247. The van der Waals surface area contributed by atoms with Gasteiger partial charge < -0.3 is 45.6 Å². The highest BCUT2D eigenvalue weighted by molar-refractivity contribution is 4.97. The van der Waals surface area contributed by atoms with Gasteiger partial charge in [0.05, 0.1) is 19.3 Å². The van der Waals surface area contributed by atoms with Crippen molar-refractivity contribution in [2.75, 3.05) is 13.2 Å². The zero-order valence-electron chi connectivity index (χ0n) is 10.1. The summed E-state index contributed by atoms with van der Waals surface area (Å²) in [6.45, 7) is -1.51. The van der Waals surface area contributed by atoms with Crippen LogP contribution in [0.4, 0.5) is 0 Å². The standard InChI is InChI=1S/C10H20O9/c11-2-5(14)4(13)1-10(18)9(17)8(16)7(15)6(3-12)19-10/h4-9,11-18H,1-3H2/t4-,5+,6+,7+,8-,9+,10?/m0/s1. The molecule has 1 fully saturated rings. The molecule has 1 rings (SSSR count). The van der Waals surface area contributed by atoms with Crippen LogP contribution in [0.1, 0.15) is 6.42 Å². The fourth-order valence-electron chi connectivity index (χ4n) is 1.95. The SMILES string of the molecule is OC[C@@H](O)[C@@H](O)CC1(O)O[C@H](CO)[C@@H](O)[C@H](O)[C@H]1O. The fraction of sp³-hybridized carbons (Fsp3) is 1.00. The highest BCUT2D eigenvalue weighted by atomic mass is 16.7. The second-order valence-electron chi connectivity index (χ2n) is 4.63. The third-order valence-electron chi connectivity index (χ3n) is 3.18. The lowest BCUT2D eigenvalue weighted by molar-refractivity contribution is -0.357. The molecule has 9 nitrogen and oxygen atoms in total. The van der Waals surface area contributed by atoms with Gasteiger partial charge in [0.1, 0.15) is 30.5 Å². The van der Waals surface area contributed by atoms with Gasteiger partial charge in [0, 0.05) is 6.42 Å². The van der Waals surface area contributed by atoms with E-state index in [-0.39, 0.29) is 0 Å². The topological polar surface area (TPSA) is 171 Å². The third kappa shape index (κ3) is 3.40. The molecule has 1 heterocycles. The second kappa shape index (κ2) is 6.39. The fourth-order valence-corrected chi connectivity index (χ4v) is 1.95. The van der Waals surface area contributed by atoms with Crippen molar-refractivity contribution in [3.8, 4) is 0 Å². The van der Waals surface area contributed by atoms with E-state index in [0.717, 1.165) is 0 Å². The van der Waals surface area contributed by atoms with Crippen LogP contribution < -0.4 is 0 Å². The van der Waals surface area contributed by atoms with Crippen molar-refractivity contribution in [2.24, 2.45) is 0 Å². The highest BCUT2D eigenvalue weighted by Crippen LogP contribution is 2.32. The Hall–Kier alpha value is -0.360. The zero-order valence-corrected chi connectivity index (χ0v) is 10.1. The Labute approximate surface area is 108 Å². The summed E-state index contributed by atoms with van der Waals surface area (Å²) in [5.74, 6) is -2.47. The zero-order chi connectivity index (χ0) is 14.8. The maximum absolute atomic E-state index is 10.0. The summed E-state index contributed by atoms with van der Waals surface area (Å²) in [5.41, 5.74) is 0. The van der Waals surface area contributed by atoms with Crippen LogP contribution in [0.15, 0.2) is 0 Å². The molecule has 0 radical (unpaired) electrons. The lowest BCUT2D eigenvalue weighted by Crippen LogP contribution is -2.66. The van der Waals surface area contributed by atoms with E-state index in [9.17, 15) is 30.6 Å². The van der Waals surface area contributed by atoms with Gasteiger partial charge in [-0.25, -0.2) is 0 Å². The molecule has 114 valence electrons. The van der Waals surface area contributed by atoms with Crippen molar-refractivity contribution < 1.29 is 45.6 Å². The molecule has 0 aromatic heterocycles. The van der Waals surface area contributed by atoms with Crippen molar-refractivity contribution in [3.05, 3.63) is 0 Å². The molecule has 0 aliphatic carbocycles. The van der Waals surface area contributed by atoms with Gasteiger partial charge in [-0.2, -0.15) is 0 Å². The van der Waals surface area contributed by atoms with E-state index in [1.165, 1.54) is 0 Å². The van der Waals surface area contributed by atoms with Gasteiger partial charge in [-0.05, 0) is 0 Å². The molecule has 1 aliphatic rings. The minimum atomic E-state index is -2.47. The molecule has 0 spiro atoms. The molecule has 1 saturated heterocycles. The summed E-state index contributed by atoms with van der Waals surface area (Å²) in [6, 6.07) is 0. The average Bonchev–Trinajstić information content (AvgIpc) is 2.39. The van der Waals surface area contributed by atoms with E-state index in [0.29, 0.717) is 0 Å². The molecule has 0 amide bonds. The summed E-state index contributed by atoms with van der Waals surface area (Å²) in [5, 5.41) is 75.0. The lowest BCUT2D eigenvalue weighted by Gasteiger charge is -2.46. The molecule has 0 aromatic rings. The normalized spacial score (nSPS) is 42.9. The molecule has 1 aliphatic heterocycles. The van der Waals surface area contributed by atoms with E-state index in [2.05, 4.69) is 0 Å². The molecular formula is C10H20O9. The average molecular weight is 284 g/mol. The number of ether oxygens (including phenoxy) is 1. The maximum Gasteiger partial charge on any atom is 0.197 e. The Morgan fingerprint density at radius 2 is 1.58 bits per heavy atom. The van der Waals surface area contributed by atoms with E-state index in [1.807, 2.05) is 0 Å². The summed E-state index contributed by atoms with van der Waals surface area (Å²) < 4.78 is 4.88. The molecule has 19 heavy (non-hydrogen) atoms. The van der Waals surface area contributed by atoms with E-state index in [1.54, 1.807) is 0 Å². The Kier molecular flexibility index (Phi) is 5.62. The largest absolute Gasteiger partial charge is 0.394 e. The Balaban J connectivity index is 2.83. The van der Waals surface area contributed by atoms with E-state index >= 15 is 0 Å². The minimum absolute atomic E-state index is 0.726. The third-order valence-corrected chi connectivity index (χ3v) is 3.18. The van der Waals surface area contributed by atoms with Gasteiger partial charge in [-0.3, -0.25) is 0 Å². The van der Waals surface area contributed by atoms with Crippen LogP contribution in [0.3, 0.4) is 0 Å². The number of rotatable bonds is 5. The van der Waals surface area contributed by atoms with Crippen LogP contribution in [0.5, 0.6) is 0 Å². The van der Waals surface area contributed by atoms with Crippen LogP contribution >= 0.6 is 0 Å². The molecule has 0 aromatic carbocycles. The molecule has 7 atom stereocenters. The van der Waals surface area contributed by atoms with Gasteiger partial charge in [0.25, 0.3) is 0 Å². The summed E-state index contributed by atoms with van der Waals surface area (Å²) in [4.78, 5) is 0. The number of hydrogen-bond acceptors (Lipinski definition) is 9. The predicted molar refractivity (Wildman–Crippen MR) is 58.6 cm³/mol. The molecular weight excluding hydrogens is 264 g/mol. The number of aliphatic hydroxyl groups excluding tert-OH is 7. The summed E-state index contributed by atoms with van der Waals surface area (Å²) in [7, 11) is 0. The van der Waals surface area contributed by atoms with Crippen LogP contribution in [0, 0.1) is 0 Å². The predicted octanol–water partition coefficient (Wildman–Crippen LogP) is -4.75. The van der Waals surface area contributed by atoms with Gasteiger partial charge >= 0.3 is 0 Å². The lowest BCUT2D eigenvalue weighted by atomic mass is 9.88. The molecule has 0 saturated carbocycles. The van der Waals surface area contributed by atoms with Gasteiger partial charge in [-0.15, -0.1) is 0 Å². The first kappa shape index (κ1) is 16.7. The summed E-state index contributed by atoms with van der Waals surface area (Å²) >= 11 is 0. The monoisotopic (exact) mass is 284 g/mol. The molecule has 9 heteroatoms. The Morgan fingerprint density at radius 3 is 2.05 bits per heavy atom. The van der Waals surface area contributed by atoms with Crippen molar-refractivity contribution in [1.29, 1.82) is 0 Å². The van der Waals surface area contributed by atoms with Crippen LogP contribution in [0.25, 0.3) is 0 Å². The number of hydrogen-bond donors (Lipinski definition) is 8. The highest BCUT2D eigenvalue weighted by Gasteiger charge is 2.53. The summed E-state index contributed by atoms with van der Waals surface area (Å²) in [6.07, 6.45) is -10.7. The Morgan fingerprint density at radius 1 is 1.00 bits per heavy atom. The van der Waals surface area contributed by atoms with Crippen molar-refractivity contribution in [3.63, 3.8) is 0 Å². The van der Waals surface area contributed by atoms with Crippen molar-refractivity contribution >= 4 is 0 Å². The molecule has 0 bridgehead atoms. The van der Waals surface area contributed by atoms with Crippen LogP contribution in [-0.4, -0.2) is 96.5 Å². The molecule has 8 N–H and O–H groups in total. The maximum atomic E-state index is 10.0. The van der Waals surface area contributed by atoms with E-state index in [4.69, 9.17) is 14.9 Å². The van der Waals surface area contributed by atoms with Crippen molar-refractivity contribution in [2.45, 2.75) is 48.8 Å². The molecule has 1 unspecified atom stereocenters. The van der Waals surface area contributed by atoms with Gasteiger partial charge in [-0.1, -0.05) is 0 Å². The Bertz CT molecular complexity index is 286. The number of aliphatic hydroxyl groups is 8. The van der Waals surface area contributed by atoms with E-state index < -0.39 is 62.0 Å². The first-order valence-electron chi connectivity index (χ1n) is 5.79. The van der Waals surface area contributed by atoms with Crippen molar-refractivity contribution in [1.82, 2.24) is 0 Å². The smallest absolute Gasteiger partial charge is 0.197 e. The van der Waals surface area contributed by atoms with Gasteiger partial charge in [0.15, 0.2) is 5.79 Å². The second-order valence-corrected chi connectivity index (χ2v) is 4.63.